The lowest BCUT2D eigenvalue weighted by atomic mass is 9.68. The summed E-state index contributed by atoms with van der Waals surface area (Å²) in [5.41, 5.74) is 3.13. The number of methoxy groups -OCH3 is 1. The number of hydrogen-bond acceptors (Lipinski definition) is 4. The topological polar surface area (TPSA) is 51.5 Å². The van der Waals surface area contributed by atoms with Gasteiger partial charge in [-0.15, -0.1) is 0 Å². The van der Waals surface area contributed by atoms with Gasteiger partial charge in [0.2, 0.25) is 0 Å². The van der Waals surface area contributed by atoms with E-state index in [-0.39, 0.29) is 29.9 Å². The van der Waals surface area contributed by atoms with Crippen LogP contribution in [0.4, 0.5) is 4.39 Å². The molecule has 1 saturated heterocycles. The fraction of sp³-hybridized carbons (Fsp3) is 0.435. The summed E-state index contributed by atoms with van der Waals surface area (Å²) in [7, 11) is 1.65. The Bertz CT molecular complexity index is 872. The lowest BCUT2D eigenvalue weighted by Gasteiger charge is -2.37. The molecule has 2 aromatic carbocycles. The number of fused-ring (bicyclic) bond motifs is 1. The van der Waals surface area contributed by atoms with Crippen LogP contribution >= 0.6 is 0 Å². The summed E-state index contributed by atoms with van der Waals surface area (Å²) in [6.45, 7) is 1.12. The van der Waals surface area contributed by atoms with Crippen molar-refractivity contribution in [3.05, 3.63) is 65.0 Å². The van der Waals surface area contributed by atoms with E-state index in [1.165, 1.54) is 11.6 Å². The van der Waals surface area contributed by atoms with Gasteiger partial charge >= 0.3 is 0 Å². The Morgan fingerprint density at radius 3 is 2.75 bits per heavy atom. The Labute approximate surface area is 164 Å². The van der Waals surface area contributed by atoms with Crippen molar-refractivity contribution in [3.63, 3.8) is 0 Å². The van der Waals surface area contributed by atoms with Gasteiger partial charge in [-0.05, 0) is 66.1 Å². The number of nitriles is 1. The number of nitrogens with zero attached hydrogens (tertiary/aromatic N) is 1. The van der Waals surface area contributed by atoms with E-state index in [0.29, 0.717) is 19.6 Å². The second kappa shape index (κ2) is 8.30. The van der Waals surface area contributed by atoms with E-state index in [2.05, 4.69) is 6.07 Å². The molecule has 0 N–H and O–H groups in total. The molecule has 2 aliphatic rings. The van der Waals surface area contributed by atoms with Gasteiger partial charge in [0.1, 0.15) is 11.6 Å². The third-order valence-corrected chi connectivity index (χ3v) is 5.91. The quantitative estimate of drug-likeness (QED) is 0.778. The molecule has 0 bridgehead atoms. The number of aryl methyl sites for hydroxylation is 1. The molecule has 1 fully saturated rings. The average molecular weight is 381 g/mol. The van der Waals surface area contributed by atoms with Gasteiger partial charge in [-0.3, -0.25) is 0 Å². The highest BCUT2D eigenvalue weighted by atomic mass is 19.1. The maximum Gasteiger partial charge on any atom is 0.161 e. The molecule has 0 saturated carbocycles. The highest BCUT2D eigenvalue weighted by Gasteiger charge is 2.41. The molecule has 1 aliphatic carbocycles. The fourth-order valence-electron chi connectivity index (χ4n) is 4.58. The van der Waals surface area contributed by atoms with Gasteiger partial charge in [-0.1, -0.05) is 18.2 Å². The van der Waals surface area contributed by atoms with Gasteiger partial charge in [0.25, 0.3) is 0 Å². The minimum Gasteiger partial charge on any atom is -0.497 e. The Morgan fingerprint density at radius 2 is 2.04 bits per heavy atom. The number of benzene rings is 2. The molecule has 3 unspecified atom stereocenters. The Hall–Kier alpha value is -2.42. The summed E-state index contributed by atoms with van der Waals surface area (Å²) in [5.74, 6) is 0.387. The summed E-state index contributed by atoms with van der Waals surface area (Å²) < 4.78 is 30.7. The first-order valence-electron chi connectivity index (χ1n) is 9.73. The van der Waals surface area contributed by atoms with E-state index in [1.807, 2.05) is 24.3 Å². The van der Waals surface area contributed by atoms with Crippen LogP contribution in [0.2, 0.25) is 0 Å². The van der Waals surface area contributed by atoms with Gasteiger partial charge in [0, 0.05) is 5.92 Å². The molecule has 146 valence electrons. The predicted molar refractivity (Wildman–Crippen MR) is 102 cm³/mol. The van der Waals surface area contributed by atoms with Crippen molar-refractivity contribution in [1.82, 2.24) is 0 Å². The van der Waals surface area contributed by atoms with Gasteiger partial charge < -0.3 is 14.2 Å². The van der Waals surface area contributed by atoms with Crippen LogP contribution in [0.25, 0.3) is 0 Å². The van der Waals surface area contributed by atoms with Gasteiger partial charge in [0.15, 0.2) is 6.29 Å². The Morgan fingerprint density at radius 1 is 1.21 bits per heavy atom. The first kappa shape index (κ1) is 18.9. The minimum atomic E-state index is -0.357. The van der Waals surface area contributed by atoms with E-state index >= 15 is 0 Å². The smallest absolute Gasteiger partial charge is 0.161 e. The normalized spacial score (nSPS) is 23.0. The largest absolute Gasteiger partial charge is 0.497 e. The third kappa shape index (κ3) is 3.76. The number of rotatable bonds is 5. The molecule has 4 rings (SSSR count). The van der Waals surface area contributed by atoms with Crippen LogP contribution in [-0.2, 0) is 22.3 Å². The third-order valence-electron chi connectivity index (χ3n) is 5.91. The van der Waals surface area contributed by atoms with Gasteiger partial charge in [0.05, 0.1) is 32.3 Å². The second-order valence-electron chi connectivity index (χ2n) is 7.48. The van der Waals surface area contributed by atoms with Crippen LogP contribution in [0.5, 0.6) is 5.75 Å². The van der Waals surface area contributed by atoms with E-state index in [1.54, 1.807) is 19.2 Å². The number of ether oxygens (including phenoxy) is 3. The zero-order chi connectivity index (χ0) is 19.5. The minimum absolute atomic E-state index is 0.01000. The lowest BCUT2D eigenvalue weighted by Crippen LogP contribution is -2.36. The van der Waals surface area contributed by atoms with Crippen LogP contribution < -0.4 is 4.74 Å². The van der Waals surface area contributed by atoms with Crippen LogP contribution in [-0.4, -0.2) is 26.6 Å². The van der Waals surface area contributed by atoms with Crippen molar-refractivity contribution in [1.29, 1.82) is 5.26 Å². The molecule has 0 spiro atoms. The molecule has 2 aromatic rings. The van der Waals surface area contributed by atoms with E-state index in [0.717, 1.165) is 29.7 Å². The van der Waals surface area contributed by atoms with Crippen LogP contribution in [0.15, 0.2) is 42.5 Å². The summed E-state index contributed by atoms with van der Waals surface area (Å²) in [4.78, 5) is 0. The molecule has 0 radical (unpaired) electrons. The average Bonchev–Trinajstić information content (AvgIpc) is 3.25. The zero-order valence-corrected chi connectivity index (χ0v) is 15.9. The molecule has 4 nitrogen and oxygen atoms in total. The lowest BCUT2D eigenvalue weighted by molar-refractivity contribution is -0.102. The molecule has 0 aromatic heterocycles. The van der Waals surface area contributed by atoms with Crippen molar-refractivity contribution < 1.29 is 18.6 Å². The Balaban J connectivity index is 1.66. The molecule has 1 heterocycles. The molecule has 5 heteroatoms. The highest BCUT2D eigenvalue weighted by molar-refractivity contribution is 5.42. The standard InChI is InChI=1S/C23H24FNO3/c1-26-18-6-8-19-16(13-18)5-7-20(22(19)14-25)21(23-27-9-10-28-23)12-15-3-2-4-17(24)11-15/h2-4,6,8,11,13,20-23H,5,7,9-10,12H2,1H3. The Kier molecular flexibility index (Phi) is 5.61. The predicted octanol–water partition coefficient (Wildman–Crippen LogP) is 4.24. The molecule has 0 amide bonds. The molecule has 1 aliphatic heterocycles. The highest BCUT2D eigenvalue weighted by Crippen LogP contribution is 2.44. The monoisotopic (exact) mass is 381 g/mol. The first-order valence-corrected chi connectivity index (χ1v) is 9.73. The van der Waals surface area contributed by atoms with Gasteiger partial charge in [-0.25, -0.2) is 4.39 Å². The van der Waals surface area contributed by atoms with E-state index in [9.17, 15) is 9.65 Å². The molecular weight excluding hydrogens is 357 g/mol. The zero-order valence-electron chi connectivity index (χ0n) is 15.9. The fourth-order valence-corrected chi connectivity index (χ4v) is 4.58. The summed E-state index contributed by atoms with van der Waals surface area (Å²) >= 11 is 0. The van der Waals surface area contributed by atoms with Crippen LogP contribution in [0, 0.1) is 29.0 Å². The van der Waals surface area contributed by atoms with Crippen molar-refractivity contribution >= 4 is 0 Å². The van der Waals surface area contributed by atoms with Crippen LogP contribution in [0.3, 0.4) is 0 Å². The van der Waals surface area contributed by atoms with Crippen molar-refractivity contribution in [2.75, 3.05) is 20.3 Å². The second-order valence-corrected chi connectivity index (χ2v) is 7.48. The number of hydrogen-bond donors (Lipinski definition) is 0. The van der Waals surface area contributed by atoms with Crippen molar-refractivity contribution in [2.45, 2.75) is 31.5 Å². The van der Waals surface area contributed by atoms with E-state index < -0.39 is 0 Å². The SMILES string of the molecule is COc1ccc2c(c1)CCC(C(Cc1cccc(F)c1)C1OCCO1)C2C#N. The number of halogens is 1. The summed E-state index contributed by atoms with van der Waals surface area (Å²) in [5, 5.41) is 10.0. The molecular formula is C23H24FNO3. The van der Waals surface area contributed by atoms with Crippen molar-refractivity contribution in [3.8, 4) is 11.8 Å². The van der Waals surface area contributed by atoms with Gasteiger partial charge in [-0.2, -0.15) is 5.26 Å². The van der Waals surface area contributed by atoms with E-state index in [4.69, 9.17) is 14.2 Å². The molecule has 3 atom stereocenters. The van der Waals surface area contributed by atoms with Crippen molar-refractivity contribution in [2.24, 2.45) is 11.8 Å². The summed E-state index contributed by atoms with van der Waals surface area (Å²) in [6, 6.07) is 15.1. The van der Waals surface area contributed by atoms with Crippen LogP contribution in [0.1, 0.15) is 29.0 Å². The maximum absolute atomic E-state index is 13.7. The maximum atomic E-state index is 13.7. The summed E-state index contributed by atoms with van der Waals surface area (Å²) in [6.07, 6.45) is 2.00. The first-order chi connectivity index (χ1) is 13.7. The molecule has 28 heavy (non-hydrogen) atoms.